The van der Waals surface area contributed by atoms with Gasteiger partial charge in [0.25, 0.3) is 0 Å². The average Bonchev–Trinajstić information content (AvgIpc) is 2.76. The third-order valence-electron chi connectivity index (χ3n) is 7.16. The molecule has 2 aliphatic rings. The van der Waals surface area contributed by atoms with Crippen LogP contribution in [0.1, 0.15) is 58.6 Å². The molecule has 5 atom stereocenters. The minimum absolute atomic E-state index is 0.228. The number of aliphatic hydroxyl groups is 4. The molecule has 0 heterocycles. The third-order valence-corrected chi connectivity index (χ3v) is 7.16. The number of aliphatic hydroxyl groups excluding tert-OH is 4. The first-order valence-corrected chi connectivity index (χ1v) is 10.9. The van der Waals surface area contributed by atoms with Crippen LogP contribution in [0.3, 0.4) is 0 Å². The van der Waals surface area contributed by atoms with Gasteiger partial charge in [-0.25, -0.2) is 4.39 Å². The fourth-order valence-corrected chi connectivity index (χ4v) is 5.41. The van der Waals surface area contributed by atoms with Crippen molar-refractivity contribution in [1.29, 1.82) is 0 Å². The fourth-order valence-electron chi connectivity index (χ4n) is 5.41. The molecule has 2 aromatic carbocycles. The van der Waals surface area contributed by atoms with Crippen molar-refractivity contribution in [3.8, 4) is 0 Å². The van der Waals surface area contributed by atoms with Crippen LogP contribution in [0.15, 0.2) is 30.3 Å². The third kappa shape index (κ3) is 3.92. The lowest BCUT2D eigenvalue weighted by Crippen LogP contribution is -2.51. The van der Waals surface area contributed by atoms with Crippen LogP contribution in [-0.4, -0.2) is 45.3 Å². The van der Waals surface area contributed by atoms with Crippen LogP contribution >= 0.6 is 0 Å². The zero-order chi connectivity index (χ0) is 21.4. The molecule has 0 aliphatic heterocycles. The number of hydrogen-bond acceptors (Lipinski definition) is 4. The summed E-state index contributed by atoms with van der Waals surface area (Å²) < 4.78 is 13.3. The van der Waals surface area contributed by atoms with Crippen LogP contribution < -0.4 is 0 Å². The standard InChI is InChI=1S/C25H31FO4/c1-14-19-4-2-3-5-20(19)16(10-15-6-8-18(26)9-7-15)11-21(14)22-12-17(13-27)23(28)25(30)24(22)29/h6-9,11,17,22-25,27-30H,2-5,10,12-13H2,1H3. The van der Waals surface area contributed by atoms with Gasteiger partial charge in [-0.2, -0.15) is 0 Å². The topological polar surface area (TPSA) is 80.9 Å². The van der Waals surface area contributed by atoms with E-state index in [0.717, 1.165) is 42.4 Å². The van der Waals surface area contributed by atoms with Crippen molar-refractivity contribution in [3.05, 3.63) is 69.5 Å². The summed E-state index contributed by atoms with van der Waals surface area (Å²) in [6.45, 7) is 1.85. The predicted molar refractivity (Wildman–Crippen MR) is 113 cm³/mol. The van der Waals surface area contributed by atoms with Gasteiger partial charge >= 0.3 is 0 Å². The minimum atomic E-state index is -1.28. The Kier molecular flexibility index (Phi) is 6.26. The highest BCUT2D eigenvalue weighted by atomic mass is 19.1. The van der Waals surface area contributed by atoms with Crippen LogP contribution in [0.5, 0.6) is 0 Å². The number of benzene rings is 2. The molecule has 0 amide bonds. The average molecular weight is 415 g/mol. The molecule has 2 aromatic rings. The first-order valence-electron chi connectivity index (χ1n) is 10.9. The minimum Gasteiger partial charge on any atom is -0.396 e. The van der Waals surface area contributed by atoms with Crippen LogP contribution in [-0.2, 0) is 19.3 Å². The van der Waals surface area contributed by atoms with E-state index in [9.17, 15) is 24.8 Å². The second-order valence-corrected chi connectivity index (χ2v) is 8.97. The Hall–Kier alpha value is -1.79. The van der Waals surface area contributed by atoms with Crippen molar-refractivity contribution in [2.75, 3.05) is 6.61 Å². The Bertz CT molecular complexity index is 893. The van der Waals surface area contributed by atoms with E-state index in [2.05, 4.69) is 13.0 Å². The summed E-state index contributed by atoms with van der Waals surface area (Å²) in [5.41, 5.74) is 7.04. The van der Waals surface area contributed by atoms with E-state index in [1.54, 1.807) is 12.1 Å². The first kappa shape index (κ1) is 21.4. The molecule has 2 aliphatic carbocycles. The predicted octanol–water partition coefficient (Wildman–Crippen LogP) is 2.78. The zero-order valence-corrected chi connectivity index (χ0v) is 17.4. The highest BCUT2D eigenvalue weighted by molar-refractivity contribution is 5.50. The zero-order valence-electron chi connectivity index (χ0n) is 17.4. The molecule has 4 nitrogen and oxygen atoms in total. The second-order valence-electron chi connectivity index (χ2n) is 8.97. The summed E-state index contributed by atoms with van der Waals surface area (Å²) in [5, 5.41) is 41.1. The normalized spacial score (nSPS) is 28.9. The highest BCUT2D eigenvalue weighted by Crippen LogP contribution is 2.41. The molecule has 0 radical (unpaired) electrons. The fraction of sp³-hybridized carbons (Fsp3) is 0.520. The first-order chi connectivity index (χ1) is 14.4. The largest absolute Gasteiger partial charge is 0.396 e. The lowest BCUT2D eigenvalue weighted by molar-refractivity contribution is -0.127. The van der Waals surface area contributed by atoms with Crippen molar-refractivity contribution in [2.24, 2.45) is 5.92 Å². The van der Waals surface area contributed by atoms with Crippen molar-refractivity contribution < 1.29 is 24.8 Å². The van der Waals surface area contributed by atoms with Gasteiger partial charge in [0, 0.05) is 18.4 Å². The maximum absolute atomic E-state index is 13.3. The van der Waals surface area contributed by atoms with Crippen LogP contribution in [0, 0.1) is 18.7 Å². The molecule has 1 saturated carbocycles. The number of hydrogen-bond donors (Lipinski definition) is 4. The van der Waals surface area contributed by atoms with E-state index >= 15 is 0 Å². The molecule has 0 aromatic heterocycles. The smallest absolute Gasteiger partial charge is 0.123 e. The molecular weight excluding hydrogens is 383 g/mol. The summed E-state index contributed by atoms with van der Waals surface area (Å²) in [7, 11) is 0. The number of halogens is 1. The van der Waals surface area contributed by atoms with Crippen molar-refractivity contribution in [2.45, 2.75) is 69.7 Å². The van der Waals surface area contributed by atoms with E-state index in [1.807, 2.05) is 0 Å². The molecule has 5 unspecified atom stereocenters. The van der Waals surface area contributed by atoms with E-state index in [0.29, 0.717) is 12.8 Å². The monoisotopic (exact) mass is 414 g/mol. The van der Waals surface area contributed by atoms with Crippen LogP contribution in [0.4, 0.5) is 4.39 Å². The maximum Gasteiger partial charge on any atom is 0.123 e. The van der Waals surface area contributed by atoms with Gasteiger partial charge in [0.1, 0.15) is 11.9 Å². The summed E-state index contributed by atoms with van der Waals surface area (Å²) in [6.07, 6.45) is 1.89. The Morgan fingerprint density at radius 1 is 0.933 bits per heavy atom. The summed E-state index contributed by atoms with van der Waals surface area (Å²) in [4.78, 5) is 0. The Morgan fingerprint density at radius 3 is 2.27 bits per heavy atom. The molecular formula is C25H31FO4. The van der Waals surface area contributed by atoms with Gasteiger partial charge in [-0.15, -0.1) is 0 Å². The van der Waals surface area contributed by atoms with Gasteiger partial charge in [-0.3, -0.25) is 0 Å². The van der Waals surface area contributed by atoms with E-state index < -0.39 is 24.2 Å². The van der Waals surface area contributed by atoms with Gasteiger partial charge < -0.3 is 20.4 Å². The highest BCUT2D eigenvalue weighted by Gasteiger charge is 2.43. The van der Waals surface area contributed by atoms with Gasteiger partial charge in [0.05, 0.1) is 12.2 Å². The number of fused-ring (bicyclic) bond motifs is 1. The summed E-state index contributed by atoms with van der Waals surface area (Å²) in [6, 6.07) is 8.70. The second kappa shape index (κ2) is 8.75. The maximum atomic E-state index is 13.3. The summed E-state index contributed by atoms with van der Waals surface area (Å²) in [5.74, 6) is -1.07. The molecule has 5 heteroatoms. The van der Waals surface area contributed by atoms with Gasteiger partial charge in [0.15, 0.2) is 0 Å². The molecule has 162 valence electrons. The molecule has 1 fully saturated rings. The molecule has 4 N–H and O–H groups in total. The van der Waals surface area contributed by atoms with Gasteiger partial charge in [0.2, 0.25) is 0 Å². The van der Waals surface area contributed by atoms with Crippen LogP contribution in [0.2, 0.25) is 0 Å². The van der Waals surface area contributed by atoms with E-state index in [-0.39, 0.29) is 18.3 Å². The van der Waals surface area contributed by atoms with Gasteiger partial charge in [-0.1, -0.05) is 18.2 Å². The number of rotatable bonds is 4. The quantitative estimate of drug-likeness (QED) is 0.620. The lowest BCUT2D eigenvalue weighted by atomic mass is 9.70. The van der Waals surface area contributed by atoms with Crippen molar-refractivity contribution >= 4 is 0 Å². The van der Waals surface area contributed by atoms with Crippen LogP contribution in [0.25, 0.3) is 0 Å². The molecule has 4 rings (SSSR count). The lowest BCUT2D eigenvalue weighted by Gasteiger charge is -2.41. The summed E-state index contributed by atoms with van der Waals surface area (Å²) >= 11 is 0. The molecule has 0 spiro atoms. The van der Waals surface area contributed by atoms with E-state index in [4.69, 9.17) is 0 Å². The Morgan fingerprint density at radius 2 is 1.60 bits per heavy atom. The Labute approximate surface area is 177 Å². The molecule has 0 saturated heterocycles. The van der Waals surface area contributed by atoms with E-state index in [1.165, 1.54) is 28.8 Å². The van der Waals surface area contributed by atoms with Gasteiger partial charge in [-0.05, 0) is 91.0 Å². The molecule has 30 heavy (non-hydrogen) atoms. The molecule has 0 bridgehead atoms. The van der Waals surface area contributed by atoms with Crippen molar-refractivity contribution in [3.63, 3.8) is 0 Å². The Balaban J connectivity index is 1.77. The SMILES string of the molecule is Cc1c(C2CC(CO)C(O)C(O)C2O)cc(Cc2ccc(F)cc2)c2c1CCCC2. The van der Waals surface area contributed by atoms with Crippen molar-refractivity contribution in [1.82, 2.24) is 0 Å².